The van der Waals surface area contributed by atoms with Crippen LogP contribution >= 0.6 is 11.6 Å². The third-order valence-corrected chi connectivity index (χ3v) is 2.15. The lowest BCUT2D eigenvalue weighted by atomic mass is 10.3. The molecule has 0 bridgehead atoms. The van der Waals surface area contributed by atoms with E-state index in [0.29, 0.717) is 12.2 Å². The molecule has 0 atom stereocenters. The summed E-state index contributed by atoms with van der Waals surface area (Å²) < 4.78 is 37.3. The maximum Gasteiger partial charge on any atom is 0.390 e. The quantitative estimate of drug-likeness (QED) is 0.812. The SMILES string of the molecule is CCCc1nnc(Cl)n1CCC(F)(F)F. The van der Waals surface area contributed by atoms with Crippen molar-refractivity contribution in [2.75, 3.05) is 0 Å². The molecule has 1 rings (SSSR count). The minimum Gasteiger partial charge on any atom is -0.301 e. The van der Waals surface area contributed by atoms with E-state index in [1.807, 2.05) is 6.92 Å². The van der Waals surface area contributed by atoms with Gasteiger partial charge in [-0.25, -0.2) is 0 Å². The Balaban J connectivity index is 2.70. The summed E-state index contributed by atoms with van der Waals surface area (Å²) in [4.78, 5) is 0. The number of hydrogen-bond acceptors (Lipinski definition) is 2. The van der Waals surface area contributed by atoms with Crippen LogP contribution in [-0.4, -0.2) is 20.9 Å². The molecule has 3 nitrogen and oxygen atoms in total. The summed E-state index contributed by atoms with van der Waals surface area (Å²) in [6.45, 7) is 1.70. The molecule has 86 valence electrons. The van der Waals surface area contributed by atoms with Gasteiger partial charge in [0.1, 0.15) is 5.82 Å². The van der Waals surface area contributed by atoms with Crippen LogP contribution in [0.25, 0.3) is 0 Å². The van der Waals surface area contributed by atoms with Crippen molar-refractivity contribution in [3.8, 4) is 0 Å². The monoisotopic (exact) mass is 241 g/mol. The molecule has 0 N–H and O–H groups in total. The Kier molecular flexibility index (Phi) is 3.96. The molecular weight excluding hydrogens is 231 g/mol. The van der Waals surface area contributed by atoms with E-state index in [1.165, 1.54) is 4.57 Å². The van der Waals surface area contributed by atoms with Crippen LogP contribution in [0.5, 0.6) is 0 Å². The Morgan fingerprint density at radius 3 is 2.53 bits per heavy atom. The van der Waals surface area contributed by atoms with E-state index >= 15 is 0 Å². The number of alkyl halides is 3. The van der Waals surface area contributed by atoms with Gasteiger partial charge in [-0.15, -0.1) is 10.2 Å². The van der Waals surface area contributed by atoms with Gasteiger partial charge >= 0.3 is 6.18 Å². The molecule has 0 saturated heterocycles. The van der Waals surface area contributed by atoms with Gasteiger partial charge in [0.25, 0.3) is 0 Å². The summed E-state index contributed by atoms with van der Waals surface area (Å²) in [5.41, 5.74) is 0. The largest absolute Gasteiger partial charge is 0.390 e. The lowest BCUT2D eigenvalue weighted by Gasteiger charge is -2.09. The molecule has 15 heavy (non-hydrogen) atoms. The normalized spacial score (nSPS) is 12.1. The Hall–Kier alpha value is -0.780. The smallest absolute Gasteiger partial charge is 0.301 e. The number of nitrogens with zero attached hydrogens (tertiary/aromatic N) is 3. The average molecular weight is 242 g/mol. The predicted octanol–water partition coefficient (Wildman–Crippen LogP) is 2.84. The second-order valence-electron chi connectivity index (χ2n) is 3.15. The molecule has 0 aliphatic heterocycles. The molecule has 0 radical (unpaired) electrons. The van der Waals surface area contributed by atoms with Crippen molar-refractivity contribution in [2.24, 2.45) is 0 Å². The Bertz CT molecular complexity index is 321. The van der Waals surface area contributed by atoms with Gasteiger partial charge < -0.3 is 4.57 Å². The lowest BCUT2D eigenvalue weighted by molar-refractivity contribution is -0.136. The first kappa shape index (κ1) is 12.3. The van der Waals surface area contributed by atoms with Gasteiger partial charge in [0.2, 0.25) is 5.28 Å². The summed E-state index contributed by atoms with van der Waals surface area (Å²) in [5.74, 6) is 0.506. The third kappa shape index (κ3) is 3.70. The molecule has 0 amide bonds. The average Bonchev–Trinajstić information content (AvgIpc) is 2.44. The molecule has 0 saturated carbocycles. The van der Waals surface area contributed by atoms with Crippen molar-refractivity contribution in [1.29, 1.82) is 0 Å². The third-order valence-electron chi connectivity index (χ3n) is 1.87. The van der Waals surface area contributed by atoms with Gasteiger partial charge in [-0.05, 0) is 18.0 Å². The van der Waals surface area contributed by atoms with Gasteiger partial charge in [0, 0.05) is 13.0 Å². The lowest BCUT2D eigenvalue weighted by Crippen LogP contribution is -2.14. The van der Waals surface area contributed by atoms with E-state index in [1.54, 1.807) is 0 Å². The molecule has 0 aliphatic rings. The Morgan fingerprint density at radius 1 is 1.33 bits per heavy atom. The van der Waals surface area contributed by atoms with Crippen LogP contribution < -0.4 is 0 Å². The Morgan fingerprint density at radius 2 is 2.00 bits per heavy atom. The fourth-order valence-electron chi connectivity index (χ4n) is 1.18. The van der Waals surface area contributed by atoms with Crippen molar-refractivity contribution in [2.45, 2.75) is 38.9 Å². The Labute approximate surface area is 90.2 Å². The number of hydrogen-bond donors (Lipinski definition) is 0. The van der Waals surface area contributed by atoms with Crippen LogP contribution in [0, 0.1) is 0 Å². The highest BCUT2D eigenvalue weighted by atomic mass is 35.5. The summed E-state index contributed by atoms with van der Waals surface area (Å²) in [7, 11) is 0. The van der Waals surface area contributed by atoms with Gasteiger partial charge in [-0.2, -0.15) is 13.2 Å². The maximum absolute atomic E-state index is 12.0. The highest BCUT2D eigenvalue weighted by Crippen LogP contribution is 2.22. The van der Waals surface area contributed by atoms with E-state index in [4.69, 9.17) is 11.6 Å². The van der Waals surface area contributed by atoms with Crippen LogP contribution in [-0.2, 0) is 13.0 Å². The van der Waals surface area contributed by atoms with Gasteiger partial charge in [0.15, 0.2) is 0 Å². The highest BCUT2D eigenvalue weighted by Gasteiger charge is 2.27. The van der Waals surface area contributed by atoms with Gasteiger partial charge in [0.05, 0.1) is 6.42 Å². The number of aryl methyl sites for hydroxylation is 1. The molecule has 1 aromatic rings. The number of rotatable bonds is 4. The zero-order valence-corrected chi connectivity index (χ0v) is 8.94. The fraction of sp³-hybridized carbons (Fsp3) is 0.750. The molecule has 0 aliphatic carbocycles. The topological polar surface area (TPSA) is 30.7 Å². The van der Waals surface area contributed by atoms with E-state index in [9.17, 15) is 13.2 Å². The summed E-state index contributed by atoms with van der Waals surface area (Å²) >= 11 is 5.63. The number of aromatic nitrogens is 3. The predicted molar refractivity (Wildman–Crippen MR) is 49.7 cm³/mol. The standard InChI is InChI=1S/C8H11ClF3N3/c1-2-3-6-13-14-7(9)15(6)5-4-8(10,11)12/h2-5H2,1H3. The van der Waals surface area contributed by atoms with E-state index in [2.05, 4.69) is 10.2 Å². The molecule has 0 fully saturated rings. The van der Waals surface area contributed by atoms with Crippen molar-refractivity contribution >= 4 is 11.6 Å². The fourth-order valence-corrected chi connectivity index (χ4v) is 1.40. The summed E-state index contributed by atoms with van der Waals surface area (Å²) in [5, 5.41) is 7.28. The number of halogens is 4. The summed E-state index contributed by atoms with van der Waals surface area (Å²) in [6, 6.07) is 0. The van der Waals surface area contributed by atoms with Crippen molar-refractivity contribution < 1.29 is 13.2 Å². The first-order valence-electron chi connectivity index (χ1n) is 4.58. The highest BCUT2D eigenvalue weighted by molar-refractivity contribution is 6.28. The summed E-state index contributed by atoms with van der Waals surface area (Å²) in [6.07, 6.45) is -3.73. The van der Waals surface area contributed by atoms with Gasteiger partial charge in [-0.1, -0.05) is 6.92 Å². The van der Waals surface area contributed by atoms with Crippen molar-refractivity contribution in [3.63, 3.8) is 0 Å². The molecule has 0 aromatic carbocycles. The molecule has 1 aromatic heterocycles. The molecule has 1 heterocycles. The van der Waals surface area contributed by atoms with E-state index in [-0.39, 0.29) is 11.8 Å². The van der Waals surface area contributed by atoms with Gasteiger partial charge in [-0.3, -0.25) is 0 Å². The van der Waals surface area contributed by atoms with Crippen molar-refractivity contribution in [3.05, 3.63) is 11.1 Å². The van der Waals surface area contributed by atoms with Crippen molar-refractivity contribution in [1.82, 2.24) is 14.8 Å². The van der Waals surface area contributed by atoms with Crippen LogP contribution in [0.2, 0.25) is 5.28 Å². The molecule has 7 heteroatoms. The first-order valence-corrected chi connectivity index (χ1v) is 4.96. The minimum atomic E-state index is -4.18. The van der Waals surface area contributed by atoms with Crippen LogP contribution in [0.4, 0.5) is 13.2 Å². The van der Waals surface area contributed by atoms with E-state index < -0.39 is 12.6 Å². The second kappa shape index (κ2) is 4.83. The molecule has 0 spiro atoms. The molecular formula is C8H11ClF3N3. The maximum atomic E-state index is 12.0. The van der Waals surface area contributed by atoms with Crippen LogP contribution in [0.3, 0.4) is 0 Å². The zero-order valence-electron chi connectivity index (χ0n) is 8.18. The van der Waals surface area contributed by atoms with E-state index in [0.717, 1.165) is 6.42 Å². The minimum absolute atomic E-state index is 0.0164. The zero-order chi connectivity index (χ0) is 11.5. The second-order valence-corrected chi connectivity index (χ2v) is 3.49. The van der Waals surface area contributed by atoms with Crippen LogP contribution in [0.1, 0.15) is 25.6 Å². The first-order chi connectivity index (χ1) is 6.94. The molecule has 0 unspecified atom stereocenters. The van der Waals surface area contributed by atoms with Crippen LogP contribution in [0.15, 0.2) is 0 Å².